The summed E-state index contributed by atoms with van der Waals surface area (Å²) < 4.78 is 5.47. The minimum atomic E-state index is -0.738. The molecule has 132 valence electrons. The third-order valence-electron chi connectivity index (χ3n) is 2.90. The molecule has 2 N–H and O–H groups in total. The molecule has 0 fully saturated rings. The smallest absolute Gasteiger partial charge is 0.410 e. The topological polar surface area (TPSA) is 61.8 Å². The summed E-state index contributed by atoms with van der Waals surface area (Å²) in [4.78, 5) is 14.0. The number of amides is 1. The van der Waals surface area contributed by atoms with Crippen LogP contribution in [-0.2, 0) is 4.74 Å². The largest absolute Gasteiger partial charge is 0.444 e. The fourth-order valence-electron chi connectivity index (χ4n) is 1.93. The van der Waals surface area contributed by atoms with Gasteiger partial charge in [0, 0.05) is 30.9 Å². The predicted octanol–water partition coefficient (Wildman–Crippen LogP) is 2.73. The lowest BCUT2D eigenvalue weighted by Crippen LogP contribution is -2.51. The Morgan fingerprint density at radius 1 is 1.18 bits per heavy atom. The molecule has 0 heterocycles. The van der Waals surface area contributed by atoms with Gasteiger partial charge < -0.3 is 20.1 Å². The summed E-state index contributed by atoms with van der Waals surface area (Å²) in [5.74, 6) is 0.676. The summed E-state index contributed by atoms with van der Waals surface area (Å²) >= 11 is 1.61. The van der Waals surface area contributed by atoms with Crippen LogP contribution in [-0.4, -0.2) is 64.5 Å². The van der Waals surface area contributed by atoms with Crippen molar-refractivity contribution in [1.29, 1.82) is 0 Å². The summed E-state index contributed by atoms with van der Waals surface area (Å²) in [5, 5.41) is 13.3. The summed E-state index contributed by atoms with van der Waals surface area (Å²) in [6.07, 6.45) is 1.66. The highest BCUT2D eigenvalue weighted by molar-refractivity contribution is 7.98. The number of thioether (sulfide) groups is 1. The van der Waals surface area contributed by atoms with Gasteiger partial charge in [-0.15, -0.1) is 0 Å². The number of nitrogens with one attached hydrogen (secondary N) is 1. The van der Waals surface area contributed by atoms with E-state index in [-0.39, 0.29) is 11.6 Å². The maximum Gasteiger partial charge on any atom is 0.410 e. The Hall–Kier alpha value is -0.460. The van der Waals surface area contributed by atoms with Gasteiger partial charge in [0.05, 0.1) is 5.60 Å². The Balaban J connectivity index is 4.49. The molecular weight excluding hydrogens is 300 g/mol. The first kappa shape index (κ1) is 21.5. The second-order valence-corrected chi connectivity index (χ2v) is 8.78. The third kappa shape index (κ3) is 9.54. The Morgan fingerprint density at radius 3 is 2.14 bits per heavy atom. The van der Waals surface area contributed by atoms with Gasteiger partial charge in [-0.25, -0.2) is 4.79 Å². The van der Waals surface area contributed by atoms with Gasteiger partial charge in [0.2, 0.25) is 0 Å². The number of carbonyl (C=O) groups is 1. The molecule has 0 aliphatic carbocycles. The van der Waals surface area contributed by atoms with Crippen LogP contribution in [0.5, 0.6) is 0 Å². The van der Waals surface area contributed by atoms with Crippen molar-refractivity contribution >= 4 is 17.9 Å². The maximum atomic E-state index is 12.3. The molecule has 0 saturated heterocycles. The van der Waals surface area contributed by atoms with E-state index in [0.29, 0.717) is 25.4 Å². The highest BCUT2D eigenvalue weighted by atomic mass is 32.2. The van der Waals surface area contributed by atoms with E-state index in [2.05, 4.69) is 5.32 Å². The molecule has 0 aliphatic rings. The molecule has 0 aromatic heterocycles. The molecule has 0 aromatic carbocycles. The van der Waals surface area contributed by atoms with Gasteiger partial charge in [-0.1, -0.05) is 0 Å². The molecule has 0 rings (SSSR count). The number of carbonyl (C=O) groups excluding carboxylic acids is 1. The number of ether oxygens (including phenoxy) is 1. The summed E-state index contributed by atoms with van der Waals surface area (Å²) in [6, 6.07) is 0. The average molecular weight is 335 g/mol. The lowest BCUT2D eigenvalue weighted by molar-refractivity contribution is 0.00624. The van der Waals surface area contributed by atoms with E-state index in [1.165, 1.54) is 0 Å². The number of hydrogen-bond donors (Lipinski definition) is 2. The molecule has 1 unspecified atom stereocenters. The van der Waals surface area contributed by atoms with Crippen LogP contribution in [0.1, 0.15) is 48.5 Å². The van der Waals surface area contributed by atoms with Crippen molar-refractivity contribution in [2.45, 2.75) is 65.2 Å². The van der Waals surface area contributed by atoms with Gasteiger partial charge in [-0.05, 0) is 54.7 Å². The number of hydrogen-bond acceptors (Lipinski definition) is 5. The van der Waals surface area contributed by atoms with Crippen molar-refractivity contribution in [3.8, 4) is 0 Å². The normalized spacial score (nSPS) is 15.3. The SMILES string of the molecule is CSCC(C)(O)CNCCN(C(=O)OC(C)(C)C)C(C)(C)C. The molecule has 0 radical (unpaired) electrons. The van der Waals surface area contributed by atoms with Crippen LogP contribution in [0.15, 0.2) is 0 Å². The molecule has 0 spiro atoms. The molecule has 6 heteroatoms. The standard InChI is InChI=1S/C16H34N2O3S/c1-14(2,3)18(13(19)21-15(4,5)6)10-9-17-11-16(7,20)12-22-8/h17,20H,9-12H2,1-8H3. The zero-order chi connectivity index (χ0) is 17.6. The Bertz CT molecular complexity index is 346. The molecule has 0 aliphatic heterocycles. The van der Waals surface area contributed by atoms with E-state index < -0.39 is 11.2 Å². The zero-order valence-corrected chi connectivity index (χ0v) is 16.3. The molecule has 5 nitrogen and oxygen atoms in total. The Kier molecular flexibility index (Phi) is 8.23. The van der Waals surface area contributed by atoms with Crippen molar-refractivity contribution in [1.82, 2.24) is 10.2 Å². The maximum absolute atomic E-state index is 12.3. The average Bonchev–Trinajstić information content (AvgIpc) is 2.23. The quantitative estimate of drug-likeness (QED) is 0.701. The van der Waals surface area contributed by atoms with Crippen LogP contribution >= 0.6 is 11.8 Å². The van der Waals surface area contributed by atoms with Crippen LogP contribution in [0, 0.1) is 0 Å². The van der Waals surface area contributed by atoms with Crippen LogP contribution in [0.25, 0.3) is 0 Å². The Morgan fingerprint density at radius 2 is 1.73 bits per heavy atom. The number of aliphatic hydroxyl groups is 1. The fraction of sp³-hybridized carbons (Fsp3) is 0.938. The van der Waals surface area contributed by atoms with Crippen molar-refractivity contribution < 1.29 is 14.6 Å². The van der Waals surface area contributed by atoms with E-state index in [1.54, 1.807) is 16.7 Å². The molecular formula is C16H34N2O3S. The molecule has 0 bridgehead atoms. The van der Waals surface area contributed by atoms with E-state index in [1.807, 2.05) is 54.7 Å². The highest BCUT2D eigenvalue weighted by Gasteiger charge is 2.30. The first-order valence-electron chi connectivity index (χ1n) is 7.71. The fourth-order valence-corrected chi connectivity index (χ4v) is 2.65. The van der Waals surface area contributed by atoms with Gasteiger partial charge in [0.15, 0.2) is 0 Å². The zero-order valence-electron chi connectivity index (χ0n) is 15.4. The van der Waals surface area contributed by atoms with Gasteiger partial charge >= 0.3 is 6.09 Å². The third-order valence-corrected chi connectivity index (χ3v) is 3.81. The van der Waals surface area contributed by atoms with Crippen LogP contribution < -0.4 is 5.32 Å². The monoisotopic (exact) mass is 334 g/mol. The van der Waals surface area contributed by atoms with Gasteiger partial charge in [0.1, 0.15) is 5.60 Å². The molecule has 1 atom stereocenters. The van der Waals surface area contributed by atoms with Gasteiger partial charge in [-0.3, -0.25) is 0 Å². The van der Waals surface area contributed by atoms with E-state index >= 15 is 0 Å². The van der Waals surface area contributed by atoms with E-state index in [4.69, 9.17) is 4.74 Å². The number of rotatable bonds is 7. The van der Waals surface area contributed by atoms with Crippen molar-refractivity contribution in [3.05, 3.63) is 0 Å². The minimum Gasteiger partial charge on any atom is -0.444 e. The van der Waals surface area contributed by atoms with Crippen LogP contribution in [0.4, 0.5) is 4.79 Å². The van der Waals surface area contributed by atoms with E-state index in [9.17, 15) is 9.90 Å². The molecule has 22 heavy (non-hydrogen) atoms. The summed E-state index contributed by atoms with van der Waals surface area (Å²) in [5.41, 5.74) is -1.56. The second-order valence-electron chi connectivity index (χ2n) is 7.91. The second kappa shape index (κ2) is 8.41. The first-order chi connectivity index (χ1) is 9.78. The Labute approximate surface area is 140 Å². The molecule has 0 aromatic rings. The summed E-state index contributed by atoms with van der Waals surface area (Å²) in [7, 11) is 0. The van der Waals surface area contributed by atoms with Gasteiger partial charge in [-0.2, -0.15) is 11.8 Å². The van der Waals surface area contributed by atoms with Crippen molar-refractivity contribution in [3.63, 3.8) is 0 Å². The molecule has 1 amide bonds. The predicted molar refractivity (Wildman–Crippen MR) is 94.6 cm³/mol. The van der Waals surface area contributed by atoms with Crippen molar-refractivity contribution in [2.24, 2.45) is 0 Å². The van der Waals surface area contributed by atoms with Crippen LogP contribution in [0.2, 0.25) is 0 Å². The first-order valence-corrected chi connectivity index (χ1v) is 9.10. The summed E-state index contributed by atoms with van der Waals surface area (Å²) in [6.45, 7) is 15.0. The van der Waals surface area contributed by atoms with Crippen LogP contribution in [0.3, 0.4) is 0 Å². The number of nitrogens with zero attached hydrogens (tertiary/aromatic N) is 1. The van der Waals surface area contributed by atoms with Crippen molar-refractivity contribution in [2.75, 3.05) is 31.6 Å². The minimum absolute atomic E-state index is 0.308. The van der Waals surface area contributed by atoms with Gasteiger partial charge in [0.25, 0.3) is 0 Å². The van der Waals surface area contributed by atoms with E-state index in [0.717, 1.165) is 0 Å². The lowest BCUT2D eigenvalue weighted by Gasteiger charge is -2.37. The molecule has 0 saturated carbocycles. The highest BCUT2D eigenvalue weighted by Crippen LogP contribution is 2.18. The lowest BCUT2D eigenvalue weighted by atomic mass is 10.1.